The number of likely N-dealkylation sites (N-methyl/N-ethyl adjacent to an activating group) is 1. The maximum Gasteiger partial charge on any atom is 0.165 e. The van der Waals surface area contributed by atoms with Gasteiger partial charge in [-0.2, -0.15) is 0 Å². The lowest BCUT2D eigenvalue weighted by Gasteiger charge is -2.18. The number of halogens is 1. The first-order valence-electron chi connectivity index (χ1n) is 6.29. The van der Waals surface area contributed by atoms with Crippen LogP contribution in [-0.4, -0.2) is 23.6 Å². The molecule has 4 nitrogen and oxygen atoms in total. The van der Waals surface area contributed by atoms with Gasteiger partial charge in [0.15, 0.2) is 11.6 Å². The van der Waals surface area contributed by atoms with Crippen molar-refractivity contribution in [2.45, 2.75) is 19.4 Å². The molecule has 102 valence electrons. The van der Waals surface area contributed by atoms with Gasteiger partial charge in [-0.1, -0.05) is 13.0 Å². The molecule has 0 radical (unpaired) electrons. The summed E-state index contributed by atoms with van der Waals surface area (Å²) in [7, 11) is 1.46. The maximum absolute atomic E-state index is 13.8. The van der Waals surface area contributed by atoms with Gasteiger partial charge < -0.3 is 15.0 Å². The Morgan fingerprint density at radius 1 is 1.47 bits per heavy atom. The minimum atomic E-state index is -0.345. The lowest BCUT2D eigenvalue weighted by atomic mass is 10.0. The summed E-state index contributed by atoms with van der Waals surface area (Å²) < 4.78 is 18.7. The molecule has 0 aliphatic rings. The molecule has 1 unspecified atom stereocenters. The number of imidazole rings is 1. The van der Waals surface area contributed by atoms with E-state index in [0.29, 0.717) is 6.42 Å². The summed E-state index contributed by atoms with van der Waals surface area (Å²) in [5, 5.41) is 3.33. The number of H-pyrrole nitrogens is 1. The summed E-state index contributed by atoms with van der Waals surface area (Å²) >= 11 is 0. The molecule has 0 amide bonds. The highest BCUT2D eigenvalue weighted by molar-refractivity contribution is 5.31. The van der Waals surface area contributed by atoms with Gasteiger partial charge >= 0.3 is 0 Å². The first kappa shape index (κ1) is 13.5. The fourth-order valence-corrected chi connectivity index (χ4v) is 2.06. The number of ether oxygens (including phenoxy) is 1. The summed E-state index contributed by atoms with van der Waals surface area (Å²) in [4.78, 5) is 7.27. The second kappa shape index (κ2) is 6.33. The van der Waals surface area contributed by atoms with Crippen molar-refractivity contribution in [3.05, 3.63) is 47.8 Å². The summed E-state index contributed by atoms with van der Waals surface area (Å²) in [6.07, 6.45) is 4.19. The topological polar surface area (TPSA) is 49.9 Å². The van der Waals surface area contributed by atoms with E-state index in [2.05, 4.69) is 15.3 Å². The van der Waals surface area contributed by atoms with Crippen molar-refractivity contribution in [3.8, 4) is 5.75 Å². The minimum absolute atomic E-state index is 0.0246. The molecule has 2 rings (SSSR count). The average molecular weight is 263 g/mol. The third kappa shape index (κ3) is 3.32. The minimum Gasteiger partial charge on any atom is -0.494 e. The monoisotopic (exact) mass is 263 g/mol. The van der Waals surface area contributed by atoms with Crippen LogP contribution in [0.1, 0.15) is 24.4 Å². The molecule has 2 aromatic rings. The fourth-order valence-electron chi connectivity index (χ4n) is 2.06. The van der Waals surface area contributed by atoms with Crippen molar-refractivity contribution >= 4 is 0 Å². The normalized spacial score (nSPS) is 12.4. The Kier molecular flexibility index (Phi) is 4.52. The number of hydrogen-bond donors (Lipinski definition) is 2. The quantitative estimate of drug-likeness (QED) is 0.841. The number of rotatable bonds is 6. The number of nitrogens with one attached hydrogen (secondary N) is 2. The molecule has 1 heterocycles. The van der Waals surface area contributed by atoms with E-state index in [1.54, 1.807) is 18.5 Å². The highest BCUT2D eigenvalue weighted by Gasteiger charge is 2.14. The summed E-state index contributed by atoms with van der Waals surface area (Å²) in [5.74, 6) is 0.793. The standard InChI is InChI=1S/C14H18FN3O/c1-3-16-12(9-14-17-6-7-18-14)10-4-5-13(19-2)11(15)8-10/h4-8,12,16H,3,9H2,1-2H3,(H,17,18). The van der Waals surface area contributed by atoms with Crippen LogP contribution in [0.5, 0.6) is 5.75 Å². The van der Waals surface area contributed by atoms with Crippen molar-refractivity contribution < 1.29 is 9.13 Å². The summed E-state index contributed by atoms with van der Waals surface area (Å²) in [5.41, 5.74) is 0.886. The van der Waals surface area contributed by atoms with E-state index in [1.807, 2.05) is 13.0 Å². The lowest BCUT2D eigenvalue weighted by molar-refractivity contribution is 0.385. The molecule has 0 saturated carbocycles. The molecule has 0 aliphatic carbocycles. The number of methoxy groups -OCH3 is 1. The molecule has 2 N–H and O–H groups in total. The molecule has 0 spiro atoms. The highest BCUT2D eigenvalue weighted by atomic mass is 19.1. The van der Waals surface area contributed by atoms with Crippen molar-refractivity contribution in [2.75, 3.05) is 13.7 Å². The molecule has 0 fully saturated rings. The van der Waals surface area contributed by atoms with Crippen LogP contribution in [0.4, 0.5) is 4.39 Å². The Bertz CT molecular complexity index is 513. The van der Waals surface area contributed by atoms with E-state index in [1.165, 1.54) is 13.2 Å². The van der Waals surface area contributed by atoms with Crippen LogP contribution >= 0.6 is 0 Å². The van der Waals surface area contributed by atoms with Gasteiger partial charge in [0.25, 0.3) is 0 Å². The molecule has 0 saturated heterocycles. The zero-order chi connectivity index (χ0) is 13.7. The third-order valence-corrected chi connectivity index (χ3v) is 2.98. The van der Waals surface area contributed by atoms with E-state index >= 15 is 0 Å². The van der Waals surface area contributed by atoms with Gasteiger partial charge in [0.2, 0.25) is 0 Å². The molecular formula is C14H18FN3O. The summed E-state index contributed by atoms with van der Waals surface area (Å²) in [6.45, 7) is 2.83. The number of aromatic nitrogens is 2. The van der Waals surface area contributed by atoms with Crippen LogP contribution in [0, 0.1) is 5.82 Å². The predicted molar refractivity (Wildman–Crippen MR) is 71.7 cm³/mol. The molecule has 0 aliphatic heterocycles. The van der Waals surface area contributed by atoms with Crippen LogP contribution in [0.15, 0.2) is 30.6 Å². The van der Waals surface area contributed by atoms with Crippen molar-refractivity contribution in [3.63, 3.8) is 0 Å². The second-order valence-electron chi connectivity index (χ2n) is 4.24. The zero-order valence-electron chi connectivity index (χ0n) is 11.1. The molecule has 0 bridgehead atoms. The molecule has 1 atom stereocenters. The van der Waals surface area contributed by atoms with Crippen LogP contribution in [0.3, 0.4) is 0 Å². The zero-order valence-corrected chi connectivity index (χ0v) is 11.1. The van der Waals surface area contributed by atoms with Gasteiger partial charge in [-0.3, -0.25) is 0 Å². The molecule has 19 heavy (non-hydrogen) atoms. The summed E-state index contributed by atoms with van der Waals surface area (Å²) in [6, 6.07) is 5.06. The van der Waals surface area contributed by atoms with Crippen molar-refractivity contribution in [1.29, 1.82) is 0 Å². The number of aromatic amines is 1. The van der Waals surface area contributed by atoms with Crippen LogP contribution in [-0.2, 0) is 6.42 Å². The average Bonchev–Trinajstić information content (AvgIpc) is 2.91. The molecular weight excluding hydrogens is 245 g/mol. The van der Waals surface area contributed by atoms with Gasteiger partial charge in [-0.25, -0.2) is 9.37 Å². The van der Waals surface area contributed by atoms with Crippen molar-refractivity contribution in [2.24, 2.45) is 0 Å². The second-order valence-corrected chi connectivity index (χ2v) is 4.24. The van der Waals surface area contributed by atoms with Gasteiger partial charge in [-0.05, 0) is 24.2 Å². The lowest BCUT2D eigenvalue weighted by Crippen LogP contribution is -2.23. The number of benzene rings is 1. The van der Waals surface area contributed by atoms with E-state index in [9.17, 15) is 4.39 Å². The van der Waals surface area contributed by atoms with Gasteiger partial charge in [0.1, 0.15) is 5.82 Å². The van der Waals surface area contributed by atoms with E-state index in [4.69, 9.17) is 4.74 Å². The fraction of sp³-hybridized carbons (Fsp3) is 0.357. The Balaban J connectivity index is 2.20. The largest absolute Gasteiger partial charge is 0.494 e. The van der Waals surface area contributed by atoms with Gasteiger partial charge in [0, 0.05) is 24.9 Å². The Labute approximate surface area is 112 Å². The van der Waals surface area contributed by atoms with Crippen LogP contribution < -0.4 is 10.1 Å². The number of hydrogen-bond acceptors (Lipinski definition) is 3. The first-order valence-corrected chi connectivity index (χ1v) is 6.29. The van der Waals surface area contributed by atoms with E-state index in [-0.39, 0.29) is 17.6 Å². The number of nitrogens with zero attached hydrogens (tertiary/aromatic N) is 1. The Morgan fingerprint density at radius 3 is 2.89 bits per heavy atom. The van der Waals surface area contributed by atoms with E-state index in [0.717, 1.165) is 17.9 Å². The first-order chi connectivity index (χ1) is 9.24. The maximum atomic E-state index is 13.8. The Hall–Kier alpha value is -1.88. The van der Waals surface area contributed by atoms with Gasteiger partial charge in [-0.15, -0.1) is 0 Å². The van der Waals surface area contributed by atoms with Crippen LogP contribution in [0.2, 0.25) is 0 Å². The molecule has 1 aromatic carbocycles. The van der Waals surface area contributed by atoms with Gasteiger partial charge in [0.05, 0.1) is 7.11 Å². The highest BCUT2D eigenvalue weighted by Crippen LogP contribution is 2.23. The van der Waals surface area contributed by atoms with Crippen molar-refractivity contribution in [1.82, 2.24) is 15.3 Å². The molecule has 1 aromatic heterocycles. The van der Waals surface area contributed by atoms with E-state index < -0.39 is 0 Å². The Morgan fingerprint density at radius 2 is 2.32 bits per heavy atom. The van der Waals surface area contributed by atoms with Crippen LogP contribution in [0.25, 0.3) is 0 Å². The smallest absolute Gasteiger partial charge is 0.165 e. The third-order valence-electron chi connectivity index (χ3n) is 2.98. The predicted octanol–water partition coefficient (Wildman–Crippen LogP) is 2.45. The SMILES string of the molecule is CCNC(Cc1ncc[nH]1)c1ccc(OC)c(F)c1. The molecule has 5 heteroatoms.